The van der Waals surface area contributed by atoms with E-state index in [-0.39, 0.29) is 24.1 Å². The van der Waals surface area contributed by atoms with Crippen molar-refractivity contribution >= 4 is 11.9 Å². The second-order valence-corrected chi connectivity index (χ2v) is 20.2. The van der Waals surface area contributed by atoms with E-state index in [9.17, 15) is 14.7 Å². The Bertz CT molecular complexity index is 1100. The summed E-state index contributed by atoms with van der Waals surface area (Å²) >= 11 is 0. The Kier molecular flexibility index (Phi) is 43.9. The lowest BCUT2D eigenvalue weighted by atomic mass is 10.0. The SMILES string of the molecule is CCCCCCCCC(CCCCCCCC)OC(=O)CCCCCCCN(CCCCCCCC(=O)OC(CCCCCCCC)CCCCCCCC)CCn1cc(C(O)CC)nn1. The number of unbranched alkanes of at least 4 members (excludes halogenated alkanes) is 28. The number of esters is 2. The summed E-state index contributed by atoms with van der Waals surface area (Å²) in [5.41, 5.74) is 0.647. The third-order valence-electron chi connectivity index (χ3n) is 13.8. The molecule has 1 unspecified atom stereocenters. The van der Waals surface area contributed by atoms with Crippen molar-refractivity contribution in [1.29, 1.82) is 0 Å². The van der Waals surface area contributed by atoms with Crippen LogP contribution in [0.3, 0.4) is 0 Å². The molecule has 1 heterocycles. The summed E-state index contributed by atoms with van der Waals surface area (Å²) in [7, 11) is 0. The van der Waals surface area contributed by atoms with E-state index >= 15 is 0 Å². The number of nitrogens with zero attached hydrogens (tertiary/aromatic N) is 4. The molecule has 1 atom stereocenters. The van der Waals surface area contributed by atoms with E-state index in [1.807, 2.05) is 17.8 Å². The first-order valence-electron chi connectivity index (χ1n) is 29.1. The van der Waals surface area contributed by atoms with Gasteiger partial charge in [0.15, 0.2) is 0 Å². The summed E-state index contributed by atoms with van der Waals surface area (Å²) in [5, 5.41) is 18.7. The topological polar surface area (TPSA) is 107 Å². The fraction of sp³-hybridized carbons (Fsp3) is 0.930. The zero-order valence-corrected chi connectivity index (χ0v) is 44.5. The number of aliphatic hydroxyl groups excluding tert-OH is 1. The van der Waals surface area contributed by atoms with Crippen LogP contribution in [-0.2, 0) is 25.6 Å². The Hall–Kier alpha value is -2.00. The lowest BCUT2D eigenvalue weighted by Crippen LogP contribution is -2.30. The highest BCUT2D eigenvalue weighted by atomic mass is 16.5. The Morgan fingerprint density at radius 2 is 0.818 bits per heavy atom. The van der Waals surface area contributed by atoms with E-state index in [0.717, 1.165) is 116 Å². The number of carbonyl (C=O) groups excluding carboxylic acids is 2. The van der Waals surface area contributed by atoms with Crippen LogP contribution < -0.4 is 0 Å². The zero-order chi connectivity index (χ0) is 48.0. The maximum atomic E-state index is 12.9. The average Bonchev–Trinajstić information content (AvgIpc) is 3.80. The molecule has 9 heteroatoms. The van der Waals surface area contributed by atoms with Crippen molar-refractivity contribution < 1.29 is 24.2 Å². The van der Waals surface area contributed by atoms with Gasteiger partial charge in [-0.2, -0.15) is 0 Å². The van der Waals surface area contributed by atoms with Gasteiger partial charge in [0.2, 0.25) is 0 Å². The minimum atomic E-state index is -0.563. The number of carbonyl (C=O) groups is 2. The molecule has 66 heavy (non-hydrogen) atoms. The van der Waals surface area contributed by atoms with Crippen molar-refractivity contribution in [3.63, 3.8) is 0 Å². The highest BCUT2D eigenvalue weighted by Gasteiger charge is 2.17. The summed E-state index contributed by atoms with van der Waals surface area (Å²) < 4.78 is 14.1. The first kappa shape index (κ1) is 62.0. The van der Waals surface area contributed by atoms with E-state index in [0.29, 0.717) is 25.0 Å². The predicted molar refractivity (Wildman–Crippen MR) is 279 cm³/mol. The predicted octanol–water partition coefficient (Wildman–Crippen LogP) is 16.5. The largest absolute Gasteiger partial charge is 0.462 e. The highest BCUT2D eigenvalue weighted by Crippen LogP contribution is 2.21. The fourth-order valence-corrected chi connectivity index (χ4v) is 9.26. The lowest BCUT2D eigenvalue weighted by molar-refractivity contribution is -0.151. The molecule has 1 aromatic heterocycles. The number of rotatable bonds is 51. The Morgan fingerprint density at radius 3 is 1.18 bits per heavy atom. The van der Waals surface area contributed by atoms with Crippen LogP contribution in [-0.4, -0.2) is 68.8 Å². The van der Waals surface area contributed by atoms with Gasteiger partial charge in [-0.05, 0) is 96.6 Å². The second kappa shape index (κ2) is 46.7. The van der Waals surface area contributed by atoms with E-state index in [1.54, 1.807) is 0 Å². The molecule has 0 aliphatic rings. The monoisotopic (exact) mass is 931 g/mol. The molecule has 0 saturated heterocycles. The zero-order valence-electron chi connectivity index (χ0n) is 44.5. The van der Waals surface area contributed by atoms with Gasteiger partial charge in [-0.15, -0.1) is 5.10 Å². The van der Waals surface area contributed by atoms with Crippen LogP contribution in [0.4, 0.5) is 0 Å². The summed E-state index contributed by atoms with van der Waals surface area (Å²) in [5.74, 6) is 0.0223. The van der Waals surface area contributed by atoms with Crippen LogP contribution in [0, 0.1) is 0 Å². The number of aliphatic hydroxyl groups is 1. The first-order chi connectivity index (χ1) is 32.4. The minimum absolute atomic E-state index is 0.0112. The Morgan fingerprint density at radius 1 is 0.485 bits per heavy atom. The van der Waals surface area contributed by atoms with E-state index in [1.165, 1.54) is 154 Å². The normalized spacial score (nSPS) is 12.3. The van der Waals surface area contributed by atoms with Crippen LogP contribution in [0.1, 0.15) is 310 Å². The highest BCUT2D eigenvalue weighted by molar-refractivity contribution is 5.69. The van der Waals surface area contributed by atoms with Crippen molar-refractivity contribution in [3.05, 3.63) is 11.9 Å². The molecule has 1 rings (SSSR count). The molecule has 1 N–H and O–H groups in total. The van der Waals surface area contributed by atoms with E-state index in [2.05, 4.69) is 42.9 Å². The van der Waals surface area contributed by atoms with Crippen LogP contribution in [0.25, 0.3) is 0 Å². The van der Waals surface area contributed by atoms with Crippen LogP contribution >= 0.6 is 0 Å². The molecule has 0 spiro atoms. The minimum Gasteiger partial charge on any atom is -0.462 e. The van der Waals surface area contributed by atoms with Crippen molar-refractivity contribution in [1.82, 2.24) is 19.9 Å². The van der Waals surface area contributed by atoms with E-state index in [4.69, 9.17) is 9.47 Å². The van der Waals surface area contributed by atoms with Crippen molar-refractivity contribution in [2.24, 2.45) is 0 Å². The quantitative estimate of drug-likeness (QED) is 0.0509. The summed E-state index contributed by atoms with van der Waals surface area (Å²) in [6.07, 6.45) is 48.8. The summed E-state index contributed by atoms with van der Waals surface area (Å²) in [6, 6.07) is 0. The van der Waals surface area contributed by atoms with Gasteiger partial charge in [-0.3, -0.25) is 14.3 Å². The van der Waals surface area contributed by atoms with E-state index < -0.39 is 6.10 Å². The van der Waals surface area contributed by atoms with Crippen LogP contribution in [0.15, 0.2) is 6.20 Å². The van der Waals surface area contributed by atoms with Gasteiger partial charge in [0.1, 0.15) is 17.9 Å². The standard InChI is InChI=1S/C57H110N4O5/c1-6-11-15-19-25-33-41-52(42-34-26-20-16-12-7-2)65-56(63)45-37-29-23-31-39-47-60(49-50-61-51-54(58-59-61)55(62)10-5)48-40-32-24-30-38-46-57(64)66-53(43-35-27-21-17-13-8-3)44-36-28-22-18-14-9-4/h51-53,55,62H,6-50H2,1-5H3. The molecule has 0 fully saturated rings. The molecular weight excluding hydrogens is 821 g/mol. The van der Waals surface area contributed by atoms with Gasteiger partial charge in [0, 0.05) is 19.4 Å². The summed E-state index contributed by atoms with van der Waals surface area (Å²) in [6.45, 7) is 14.8. The molecule has 1 aromatic rings. The lowest BCUT2D eigenvalue weighted by Gasteiger charge is -2.22. The molecule has 0 aliphatic carbocycles. The van der Waals surface area contributed by atoms with Crippen molar-refractivity contribution in [2.75, 3.05) is 19.6 Å². The van der Waals surface area contributed by atoms with Crippen molar-refractivity contribution in [3.8, 4) is 0 Å². The molecule has 0 saturated carbocycles. The Balaban J connectivity index is 2.48. The van der Waals surface area contributed by atoms with Gasteiger partial charge in [-0.1, -0.05) is 207 Å². The van der Waals surface area contributed by atoms with Gasteiger partial charge in [0.05, 0.1) is 18.8 Å². The molecule has 9 nitrogen and oxygen atoms in total. The van der Waals surface area contributed by atoms with Gasteiger partial charge < -0.3 is 19.5 Å². The maximum absolute atomic E-state index is 12.9. The molecule has 0 aliphatic heterocycles. The average molecular weight is 932 g/mol. The summed E-state index contributed by atoms with van der Waals surface area (Å²) in [4.78, 5) is 28.4. The van der Waals surface area contributed by atoms with Crippen LogP contribution in [0.2, 0.25) is 0 Å². The fourth-order valence-electron chi connectivity index (χ4n) is 9.26. The molecule has 388 valence electrons. The molecule has 0 amide bonds. The molecule has 0 bridgehead atoms. The third-order valence-corrected chi connectivity index (χ3v) is 13.8. The smallest absolute Gasteiger partial charge is 0.306 e. The Labute approximate surface area is 408 Å². The number of hydrogen-bond donors (Lipinski definition) is 1. The van der Waals surface area contributed by atoms with Crippen LogP contribution in [0.5, 0.6) is 0 Å². The number of hydrogen-bond acceptors (Lipinski definition) is 8. The number of aromatic nitrogens is 3. The maximum Gasteiger partial charge on any atom is 0.306 e. The molecule has 0 aromatic carbocycles. The van der Waals surface area contributed by atoms with Gasteiger partial charge in [-0.25, -0.2) is 0 Å². The number of ether oxygens (including phenoxy) is 2. The third kappa shape index (κ3) is 37.9. The van der Waals surface area contributed by atoms with Gasteiger partial charge in [0.25, 0.3) is 0 Å². The first-order valence-corrected chi connectivity index (χ1v) is 29.1. The van der Waals surface area contributed by atoms with Crippen molar-refractivity contribution in [2.45, 2.75) is 323 Å². The van der Waals surface area contributed by atoms with Gasteiger partial charge >= 0.3 is 11.9 Å². The second-order valence-electron chi connectivity index (χ2n) is 20.2. The molecule has 0 radical (unpaired) electrons. The molecular formula is C57H110N4O5.